The number of aromatic nitrogens is 2. The van der Waals surface area contributed by atoms with E-state index in [-0.39, 0.29) is 5.91 Å². The molecule has 0 saturated carbocycles. The van der Waals surface area contributed by atoms with E-state index in [0.29, 0.717) is 28.7 Å². The Bertz CT molecular complexity index is 900. The van der Waals surface area contributed by atoms with Crippen molar-refractivity contribution in [2.24, 2.45) is 0 Å². The van der Waals surface area contributed by atoms with E-state index in [2.05, 4.69) is 15.5 Å². The average molecular weight is 420 g/mol. The highest BCUT2D eigenvalue weighted by molar-refractivity contribution is 7.99. The molecule has 0 bridgehead atoms. The quantitative estimate of drug-likeness (QED) is 0.420. The predicted octanol–water partition coefficient (Wildman–Crippen LogP) is 4.77. The average Bonchev–Trinajstić information content (AvgIpc) is 3.11. The van der Waals surface area contributed by atoms with Crippen LogP contribution in [0.3, 0.4) is 0 Å². The Balaban J connectivity index is 1.65. The molecule has 0 fully saturated rings. The molecule has 0 radical (unpaired) electrons. The molecule has 1 heterocycles. The standard InChI is InChI=1S/C19H18ClN3O2S2/c1-25-10-11-26-16-5-3-2-4-15(16)18(24)21-19-23-22-17(27-19)12-13-6-8-14(20)9-7-13/h2-9H,10-12H2,1H3,(H,21,23,24). The number of hydrogen-bond acceptors (Lipinski definition) is 6. The predicted molar refractivity (Wildman–Crippen MR) is 111 cm³/mol. The molecular formula is C19H18ClN3O2S2. The highest BCUT2D eigenvalue weighted by Crippen LogP contribution is 2.25. The molecule has 140 valence electrons. The molecule has 0 atom stereocenters. The third-order valence-corrected chi connectivity index (χ3v) is 5.76. The van der Waals surface area contributed by atoms with Crippen LogP contribution in [0.25, 0.3) is 0 Å². The summed E-state index contributed by atoms with van der Waals surface area (Å²) in [6.07, 6.45) is 0.647. The zero-order chi connectivity index (χ0) is 19.1. The fourth-order valence-electron chi connectivity index (χ4n) is 2.33. The molecule has 3 aromatic rings. The first-order chi connectivity index (χ1) is 13.2. The highest BCUT2D eigenvalue weighted by Gasteiger charge is 2.14. The molecule has 1 N–H and O–H groups in total. The first-order valence-corrected chi connectivity index (χ1v) is 10.4. The van der Waals surface area contributed by atoms with E-state index in [4.69, 9.17) is 16.3 Å². The zero-order valence-electron chi connectivity index (χ0n) is 14.6. The van der Waals surface area contributed by atoms with Crippen LogP contribution in [0, 0.1) is 0 Å². The van der Waals surface area contributed by atoms with Gasteiger partial charge in [0.05, 0.1) is 12.2 Å². The van der Waals surface area contributed by atoms with Crippen molar-refractivity contribution in [2.45, 2.75) is 11.3 Å². The molecule has 0 aliphatic carbocycles. The van der Waals surface area contributed by atoms with Crippen LogP contribution in [0.4, 0.5) is 5.13 Å². The largest absolute Gasteiger partial charge is 0.384 e. The molecule has 1 amide bonds. The van der Waals surface area contributed by atoms with Gasteiger partial charge in [-0.25, -0.2) is 0 Å². The minimum absolute atomic E-state index is 0.190. The fraction of sp³-hybridized carbons (Fsp3) is 0.211. The second kappa shape index (κ2) is 9.85. The van der Waals surface area contributed by atoms with Gasteiger partial charge in [0.15, 0.2) is 0 Å². The highest BCUT2D eigenvalue weighted by atomic mass is 35.5. The number of hydrogen-bond donors (Lipinski definition) is 1. The van der Waals surface area contributed by atoms with Gasteiger partial charge in [0, 0.05) is 29.2 Å². The van der Waals surface area contributed by atoms with Crippen molar-refractivity contribution >= 4 is 45.7 Å². The maximum Gasteiger partial charge on any atom is 0.258 e. The third-order valence-electron chi connectivity index (χ3n) is 3.63. The van der Waals surface area contributed by atoms with Crippen molar-refractivity contribution in [1.82, 2.24) is 10.2 Å². The molecule has 5 nitrogen and oxygen atoms in total. The van der Waals surface area contributed by atoms with E-state index in [1.54, 1.807) is 24.9 Å². The van der Waals surface area contributed by atoms with Gasteiger partial charge in [-0.3, -0.25) is 10.1 Å². The number of rotatable bonds is 8. The number of carbonyl (C=O) groups excluding carboxylic acids is 1. The number of anilines is 1. The smallest absolute Gasteiger partial charge is 0.258 e. The van der Waals surface area contributed by atoms with Crippen LogP contribution in [-0.4, -0.2) is 35.6 Å². The second-order valence-electron chi connectivity index (χ2n) is 5.60. The Labute approximate surface area is 171 Å². The SMILES string of the molecule is COCCSc1ccccc1C(=O)Nc1nnc(Cc2ccc(Cl)cc2)s1. The monoisotopic (exact) mass is 419 g/mol. The first-order valence-electron chi connectivity index (χ1n) is 8.24. The molecule has 2 aromatic carbocycles. The molecule has 0 unspecified atom stereocenters. The van der Waals surface area contributed by atoms with Gasteiger partial charge in [-0.15, -0.1) is 22.0 Å². The summed E-state index contributed by atoms with van der Waals surface area (Å²) in [7, 11) is 1.66. The Hall–Kier alpha value is -1.93. The number of amides is 1. The van der Waals surface area contributed by atoms with Crippen LogP contribution in [-0.2, 0) is 11.2 Å². The summed E-state index contributed by atoms with van der Waals surface area (Å²) in [5, 5.41) is 13.1. The molecule has 8 heteroatoms. The summed E-state index contributed by atoms with van der Waals surface area (Å²) >= 11 is 8.86. The van der Waals surface area contributed by atoms with Gasteiger partial charge in [0.25, 0.3) is 5.91 Å². The maximum atomic E-state index is 12.6. The molecule has 0 aliphatic rings. The normalized spacial score (nSPS) is 10.7. The van der Waals surface area contributed by atoms with Crippen molar-refractivity contribution < 1.29 is 9.53 Å². The summed E-state index contributed by atoms with van der Waals surface area (Å²) in [6.45, 7) is 0.630. The minimum Gasteiger partial charge on any atom is -0.384 e. The lowest BCUT2D eigenvalue weighted by molar-refractivity contribution is 0.102. The van der Waals surface area contributed by atoms with E-state index in [0.717, 1.165) is 21.2 Å². The molecule has 0 aliphatic heterocycles. The Morgan fingerprint density at radius 2 is 1.96 bits per heavy atom. The Kier molecular flexibility index (Phi) is 7.23. The molecular weight excluding hydrogens is 402 g/mol. The number of thioether (sulfide) groups is 1. The summed E-state index contributed by atoms with van der Waals surface area (Å²) in [6, 6.07) is 15.1. The fourth-order valence-corrected chi connectivity index (χ4v) is 4.19. The van der Waals surface area contributed by atoms with Gasteiger partial charge >= 0.3 is 0 Å². The van der Waals surface area contributed by atoms with E-state index < -0.39 is 0 Å². The second-order valence-corrected chi connectivity index (χ2v) is 8.23. The van der Waals surface area contributed by atoms with Gasteiger partial charge in [0.1, 0.15) is 5.01 Å². The van der Waals surface area contributed by atoms with Crippen LogP contribution >= 0.6 is 34.7 Å². The van der Waals surface area contributed by atoms with Gasteiger partial charge in [-0.2, -0.15) is 0 Å². The van der Waals surface area contributed by atoms with Gasteiger partial charge < -0.3 is 4.74 Å². The summed E-state index contributed by atoms with van der Waals surface area (Å²) < 4.78 is 5.07. The van der Waals surface area contributed by atoms with E-state index >= 15 is 0 Å². The van der Waals surface area contributed by atoms with Crippen molar-refractivity contribution in [3.05, 3.63) is 69.7 Å². The number of benzene rings is 2. The maximum absolute atomic E-state index is 12.6. The van der Waals surface area contributed by atoms with E-state index in [9.17, 15) is 4.79 Å². The zero-order valence-corrected chi connectivity index (χ0v) is 17.0. The van der Waals surface area contributed by atoms with Gasteiger partial charge in [-0.05, 0) is 29.8 Å². The van der Waals surface area contributed by atoms with Crippen LogP contribution < -0.4 is 5.32 Å². The van der Waals surface area contributed by atoms with Crippen molar-refractivity contribution in [1.29, 1.82) is 0 Å². The van der Waals surface area contributed by atoms with Gasteiger partial charge in [0.2, 0.25) is 5.13 Å². The Morgan fingerprint density at radius 3 is 2.74 bits per heavy atom. The molecule has 27 heavy (non-hydrogen) atoms. The summed E-state index contributed by atoms with van der Waals surface area (Å²) in [4.78, 5) is 13.6. The van der Waals surface area contributed by atoms with E-state index in [1.807, 2.05) is 42.5 Å². The minimum atomic E-state index is -0.190. The van der Waals surface area contributed by atoms with Crippen LogP contribution in [0.1, 0.15) is 20.9 Å². The number of ether oxygens (including phenoxy) is 1. The van der Waals surface area contributed by atoms with Crippen molar-refractivity contribution in [2.75, 3.05) is 24.8 Å². The van der Waals surface area contributed by atoms with Gasteiger partial charge in [-0.1, -0.05) is 47.2 Å². The first kappa shape index (κ1) is 19.8. The molecule has 0 saturated heterocycles. The molecule has 0 spiro atoms. The summed E-state index contributed by atoms with van der Waals surface area (Å²) in [5.74, 6) is 0.592. The van der Waals surface area contributed by atoms with Crippen LogP contribution in [0.15, 0.2) is 53.4 Å². The third kappa shape index (κ3) is 5.77. The number of methoxy groups -OCH3 is 1. The van der Waals surface area contributed by atoms with Crippen LogP contribution in [0.5, 0.6) is 0 Å². The summed E-state index contributed by atoms with van der Waals surface area (Å²) in [5.41, 5.74) is 1.71. The lowest BCUT2D eigenvalue weighted by Gasteiger charge is -2.08. The van der Waals surface area contributed by atoms with Crippen LogP contribution in [0.2, 0.25) is 5.02 Å². The number of carbonyl (C=O) groups is 1. The topological polar surface area (TPSA) is 64.1 Å². The van der Waals surface area contributed by atoms with Crippen molar-refractivity contribution in [3.8, 4) is 0 Å². The lowest BCUT2D eigenvalue weighted by atomic mass is 10.2. The van der Waals surface area contributed by atoms with E-state index in [1.165, 1.54) is 11.3 Å². The molecule has 3 rings (SSSR count). The number of nitrogens with one attached hydrogen (secondary N) is 1. The number of nitrogens with zero attached hydrogens (tertiary/aromatic N) is 2. The number of halogens is 1. The van der Waals surface area contributed by atoms with Crippen molar-refractivity contribution in [3.63, 3.8) is 0 Å². The Morgan fingerprint density at radius 1 is 1.19 bits per heavy atom. The molecule has 1 aromatic heterocycles. The lowest BCUT2D eigenvalue weighted by Crippen LogP contribution is -2.13.